The van der Waals surface area contributed by atoms with Crippen LogP contribution < -0.4 is 9.62 Å². The number of nitrogens with zero attached hydrogens (tertiary/aromatic N) is 2. The van der Waals surface area contributed by atoms with Crippen molar-refractivity contribution in [1.82, 2.24) is 10.2 Å². The van der Waals surface area contributed by atoms with Crippen molar-refractivity contribution in [3.8, 4) is 0 Å². The molecule has 0 aliphatic heterocycles. The monoisotopic (exact) mass is 637 g/mol. The first-order valence-electron chi connectivity index (χ1n) is 13.7. The zero-order valence-corrected chi connectivity index (χ0v) is 25.8. The summed E-state index contributed by atoms with van der Waals surface area (Å²) in [5.74, 6) is -1.22. The van der Waals surface area contributed by atoms with Crippen LogP contribution in [-0.4, -0.2) is 50.5 Å². The molecule has 3 rings (SSSR count). The van der Waals surface area contributed by atoms with Crippen molar-refractivity contribution in [1.29, 1.82) is 0 Å². The molecule has 0 aliphatic carbocycles. The molecule has 0 spiro atoms. The minimum absolute atomic E-state index is 0.0499. The first kappa shape index (κ1) is 33.9. The molecule has 7 nitrogen and oxygen atoms in total. The summed E-state index contributed by atoms with van der Waals surface area (Å²) in [5, 5.41) is 2.59. The quantitative estimate of drug-likeness (QED) is 0.233. The van der Waals surface area contributed by atoms with E-state index in [-0.39, 0.29) is 18.0 Å². The largest absolute Gasteiger partial charge is 0.416 e. The van der Waals surface area contributed by atoms with Gasteiger partial charge in [-0.3, -0.25) is 13.9 Å². The van der Waals surface area contributed by atoms with E-state index in [1.165, 1.54) is 4.90 Å². The van der Waals surface area contributed by atoms with E-state index in [2.05, 4.69) is 5.32 Å². The highest BCUT2D eigenvalue weighted by Gasteiger charge is 2.35. The van der Waals surface area contributed by atoms with E-state index in [9.17, 15) is 31.2 Å². The van der Waals surface area contributed by atoms with Gasteiger partial charge in [0.15, 0.2) is 0 Å². The van der Waals surface area contributed by atoms with Crippen molar-refractivity contribution >= 4 is 39.1 Å². The number of hydrogen-bond donors (Lipinski definition) is 1. The third kappa shape index (κ3) is 9.72. The summed E-state index contributed by atoms with van der Waals surface area (Å²) < 4.78 is 66.9. The highest BCUT2D eigenvalue weighted by atomic mass is 35.5. The Hall–Kier alpha value is -3.57. The van der Waals surface area contributed by atoms with Gasteiger partial charge in [-0.25, -0.2) is 8.42 Å². The summed E-state index contributed by atoms with van der Waals surface area (Å²) in [6.07, 6.45) is -2.33. The van der Waals surface area contributed by atoms with E-state index in [0.717, 1.165) is 35.9 Å². The molecule has 3 aromatic rings. The zero-order chi connectivity index (χ0) is 31.8. The maximum absolute atomic E-state index is 14.1. The number of rotatable bonds is 13. The number of carbonyl (C=O) groups excluding carboxylic acids is 2. The fraction of sp³-hybridized carbons (Fsp3) is 0.355. The number of hydrogen-bond acceptors (Lipinski definition) is 4. The van der Waals surface area contributed by atoms with Crippen LogP contribution in [0.2, 0.25) is 5.02 Å². The van der Waals surface area contributed by atoms with Gasteiger partial charge in [-0.1, -0.05) is 85.1 Å². The van der Waals surface area contributed by atoms with Crippen LogP contribution in [0.3, 0.4) is 0 Å². The SMILES string of the molecule is CCCCNC(=O)C(Cc1ccccc1)N(Cc1ccc(C)cc1)C(=O)CN(c1cc(C(F)(F)F)ccc1Cl)S(C)(=O)=O. The summed E-state index contributed by atoms with van der Waals surface area (Å²) in [5.41, 5.74) is 0.806. The first-order valence-corrected chi connectivity index (χ1v) is 15.9. The lowest BCUT2D eigenvalue weighted by Gasteiger charge is -2.33. The number of alkyl halides is 3. The van der Waals surface area contributed by atoms with E-state index in [0.29, 0.717) is 28.9 Å². The predicted octanol–water partition coefficient (Wildman–Crippen LogP) is 5.99. The molecule has 0 fully saturated rings. The van der Waals surface area contributed by atoms with Gasteiger partial charge in [0.05, 0.1) is 22.5 Å². The number of nitrogens with one attached hydrogen (secondary N) is 1. The lowest BCUT2D eigenvalue weighted by molar-refractivity contribution is -0.140. The smallest absolute Gasteiger partial charge is 0.354 e. The molecule has 1 N–H and O–H groups in total. The lowest BCUT2D eigenvalue weighted by atomic mass is 10.0. The highest BCUT2D eigenvalue weighted by Crippen LogP contribution is 2.36. The molecule has 1 unspecified atom stereocenters. The van der Waals surface area contributed by atoms with Crippen molar-refractivity contribution < 1.29 is 31.2 Å². The Balaban J connectivity index is 2.09. The first-order chi connectivity index (χ1) is 20.2. The van der Waals surface area contributed by atoms with Crippen LogP contribution in [0.5, 0.6) is 0 Å². The number of unbranched alkanes of at least 4 members (excludes halogenated alkanes) is 1. The molecule has 1 atom stereocenters. The molecule has 12 heteroatoms. The van der Waals surface area contributed by atoms with E-state index in [4.69, 9.17) is 11.6 Å². The number of aryl methyl sites for hydroxylation is 1. The Morgan fingerprint density at radius 3 is 2.21 bits per heavy atom. The molecule has 0 aliphatic rings. The molecule has 2 amide bonds. The normalized spacial score (nSPS) is 12.4. The van der Waals surface area contributed by atoms with Crippen LogP contribution in [0.25, 0.3) is 0 Å². The summed E-state index contributed by atoms with van der Waals surface area (Å²) in [7, 11) is -4.30. The standard InChI is InChI=1S/C31H35ClF3N3O4S/c1-4-5-17-36-30(40)28(18-23-9-7-6-8-10-23)37(20-24-13-11-22(2)12-14-24)29(39)21-38(43(3,41)42)27-19-25(31(33,34)35)15-16-26(27)32/h6-16,19,28H,4-5,17-18,20-21H2,1-3H3,(H,36,40). The summed E-state index contributed by atoms with van der Waals surface area (Å²) in [6.45, 7) is 3.32. The lowest BCUT2D eigenvalue weighted by Crippen LogP contribution is -2.53. The van der Waals surface area contributed by atoms with Crippen molar-refractivity contribution in [3.63, 3.8) is 0 Å². The summed E-state index contributed by atoms with van der Waals surface area (Å²) in [4.78, 5) is 28.9. The van der Waals surface area contributed by atoms with Crippen molar-refractivity contribution in [3.05, 3.63) is 100 Å². The van der Waals surface area contributed by atoms with Gasteiger partial charge in [0.25, 0.3) is 0 Å². The maximum Gasteiger partial charge on any atom is 0.416 e. The van der Waals surface area contributed by atoms with Gasteiger partial charge in [0, 0.05) is 19.5 Å². The molecule has 0 bridgehead atoms. The van der Waals surface area contributed by atoms with Crippen LogP contribution in [0.4, 0.5) is 18.9 Å². The Morgan fingerprint density at radius 2 is 1.63 bits per heavy atom. The van der Waals surface area contributed by atoms with Crippen LogP contribution in [0.15, 0.2) is 72.8 Å². The number of carbonyl (C=O) groups is 2. The number of benzene rings is 3. The van der Waals surface area contributed by atoms with Gasteiger partial charge in [-0.15, -0.1) is 0 Å². The molecule has 0 saturated carbocycles. The number of anilines is 1. The van der Waals surface area contributed by atoms with Crippen molar-refractivity contribution in [2.24, 2.45) is 0 Å². The third-order valence-corrected chi connectivity index (χ3v) is 8.24. The van der Waals surface area contributed by atoms with E-state index in [1.807, 2.05) is 44.2 Å². The van der Waals surface area contributed by atoms with Crippen molar-refractivity contribution in [2.45, 2.75) is 51.9 Å². The number of sulfonamides is 1. The number of halogens is 4. The molecular formula is C31H35ClF3N3O4S. The fourth-order valence-electron chi connectivity index (χ4n) is 4.43. The Bertz CT molecular complexity index is 1500. The predicted molar refractivity (Wildman–Crippen MR) is 162 cm³/mol. The molecule has 43 heavy (non-hydrogen) atoms. The summed E-state index contributed by atoms with van der Waals surface area (Å²) in [6, 6.07) is 17.5. The second-order valence-corrected chi connectivity index (χ2v) is 12.6. The molecule has 0 saturated heterocycles. The van der Waals surface area contributed by atoms with Crippen LogP contribution in [-0.2, 0) is 38.8 Å². The van der Waals surface area contributed by atoms with Gasteiger partial charge in [0.1, 0.15) is 12.6 Å². The van der Waals surface area contributed by atoms with Gasteiger partial charge in [0.2, 0.25) is 21.8 Å². The van der Waals surface area contributed by atoms with Crippen LogP contribution in [0.1, 0.15) is 42.0 Å². The van der Waals surface area contributed by atoms with Crippen LogP contribution in [0, 0.1) is 6.92 Å². The Morgan fingerprint density at radius 1 is 0.977 bits per heavy atom. The van der Waals surface area contributed by atoms with Crippen molar-refractivity contribution in [2.75, 3.05) is 23.7 Å². The van der Waals surface area contributed by atoms with Gasteiger partial charge >= 0.3 is 6.18 Å². The molecule has 0 radical (unpaired) electrons. The molecule has 232 valence electrons. The van der Waals surface area contributed by atoms with E-state index in [1.54, 1.807) is 24.3 Å². The second kappa shape index (κ2) is 14.7. The zero-order valence-electron chi connectivity index (χ0n) is 24.2. The van der Waals surface area contributed by atoms with Gasteiger partial charge in [-0.05, 0) is 42.7 Å². The minimum Gasteiger partial charge on any atom is -0.354 e. The molecule has 0 aromatic heterocycles. The topological polar surface area (TPSA) is 86.8 Å². The highest BCUT2D eigenvalue weighted by molar-refractivity contribution is 7.92. The average Bonchev–Trinajstić information content (AvgIpc) is 2.94. The van der Waals surface area contributed by atoms with E-state index >= 15 is 0 Å². The van der Waals surface area contributed by atoms with Crippen LogP contribution >= 0.6 is 11.6 Å². The fourth-order valence-corrected chi connectivity index (χ4v) is 5.55. The average molecular weight is 638 g/mol. The molecule has 0 heterocycles. The molecular weight excluding hydrogens is 603 g/mol. The number of amides is 2. The second-order valence-electron chi connectivity index (χ2n) is 10.3. The summed E-state index contributed by atoms with van der Waals surface area (Å²) >= 11 is 6.18. The minimum atomic E-state index is -4.78. The Labute approximate surface area is 255 Å². The Kier molecular flexibility index (Phi) is 11.6. The molecule has 3 aromatic carbocycles. The van der Waals surface area contributed by atoms with E-state index < -0.39 is 51.9 Å². The van der Waals surface area contributed by atoms with Gasteiger partial charge < -0.3 is 10.2 Å². The maximum atomic E-state index is 14.1. The third-order valence-electron chi connectivity index (χ3n) is 6.80. The van der Waals surface area contributed by atoms with Gasteiger partial charge in [-0.2, -0.15) is 13.2 Å².